The lowest BCUT2D eigenvalue weighted by atomic mass is 10.2. The molecule has 0 unspecified atom stereocenters. The number of ether oxygens (including phenoxy) is 1. The zero-order valence-electron chi connectivity index (χ0n) is 14.6. The SMILES string of the molecule is COc1ccccc1NC(=O)c1cc(NCc2ccccn2)nc(C)n1. The fourth-order valence-electron chi connectivity index (χ4n) is 2.39. The largest absolute Gasteiger partial charge is 0.495 e. The van der Waals surface area contributed by atoms with Gasteiger partial charge in [-0.25, -0.2) is 9.97 Å². The van der Waals surface area contributed by atoms with Crippen molar-refractivity contribution in [2.24, 2.45) is 0 Å². The molecule has 3 rings (SSSR count). The number of hydrogen-bond acceptors (Lipinski definition) is 6. The molecule has 0 radical (unpaired) electrons. The van der Waals surface area contributed by atoms with Gasteiger partial charge < -0.3 is 15.4 Å². The number of pyridine rings is 1. The number of methoxy groups -OCH3 is 1. The van der Waals surface area contributed by atoms with Crippen LogP contribution in [-0.4, -0.2) is 28.0 Å². The molecule has 0 spiro atoms. The first-order chi connectivity index (χ1) is 12.7. The van der Waals surface area contributed by atoms with Crippen molar-refractivity contribution in [2.75, 3.05) is 17.7 Å². The summed E-state index contributed by atoms with van der Waals surface area (Å²) in [5.74, 6) is 1.32. The molecule has 0 bridgehead atoms. The number of benzene rings is 1. The van der Waals surface area contributed by atoms with Crippen molar-refractivity contribution in [1.82, 2.24) is 15.0 Å². The number of amides is 1. The number of aromatic nitrogens is 3. The molecule has 2 aromatic heterocycles. The number of para-hydroxylation sites is 2. The molecule has 1 amide bonds. The summed E-state index contributed by atoms with van der Waals surface area (Å²) >= 11 is 0. The Morgan fingerprint density at radius 3 is 2.69 bits per heavy atom. The summed E-state index contributed by atoms with van der Waals surface area (Å²) in [6, 6.07) is 14.5. The Balaban J connectivity index is 1.75. The molecule has 26 heavy (non-hydrogen) atoms. The van der Waals surface area contributed by atoms with Crippen molar-refractivity contribution in [2.45, 2.75) is 13.5 Å². The van der Waals surface area contributed by atoms with Gasteiger partial charge in [-0.05, 0) is 31.2 Å². The molecule has 0 aliphatic heterocycles. The minimum Gasteiger partial charge on any atom is -0.495 e. The molecule has 2 heterocycles. The molecule has 2 N–H and O–H groups in total. The Kier molecular flexibility index (Phi) is 5.38. The second kappa shape index (κ2) is 8.06. The summed E-state index contributed by atoms with van der Waals surface area (Å²) in [5, 5.41) is 5.98. The topological polar surface area (TPSA) is 89.0 Å². The molecule has 0 saturated heterocycles. The third-order valence-corrected chi connectivity index (χ3v) is 3.60. The van der Waals surface area contributed by atoms with Crippen molar-refractivity contribution >= 4 is 17.4 Å². The van der Waals surface area contributed by atoms with Crippen LogP contribution in [0.1, 0.15) is 22.0 Å². The zero-order valence-corrected chi connectivity index (χ0v) is 14.6. The highest BCUT2D eigenvalue weighted by atomic mass is 16.5. The Hall–Kier alpha value is -3.48. The van der Waals surface area contributed by atoms with Gasteiger partial charge in [-0.15, -0.1) is 0 Å². The molecule has 0 atom stereocenters. The van der Waals surface area contributed by atoms with Gasteiger partial charge in [0.25, 0.3) is 5.91 Å². The van der Waals surface area contributed by atoms with Crippen molar-refractivity contribution in [3.05, 3.63) is 71.9 Å². The van der Waals surface area contributed by atoms with Crippen LogP contribution in [0.25, 0.3) is 0 Å². The van der Waals surface area contributed by atoms with E-state index in [1.807, 2.05) is 30.3 Å². The molecule has 0 aliphatic rings. The lowest BCUT2D eigenvalue weighted by molar-refractivity contribution is 0.102. The van der Waals surface area contributed by atoms with E-state index in [1.54, 1.807) is 38.4 Å². The Labute approximate surface area is 151 Å². The van der Waals surface area contributed by atoms with E-state index in [4.69, 9.17) is 4.74 Å². The summed E-state index contributed by atoms with van der Waals surface area (Å²) in [6.45, 7) is 2.25. The number of nitrogens with zero attached hydrogens (tertiary/aromatic N) is 3. The maximum Gasteiger partial charge on any atom is 0.274 e. The monoisotopic (exact) mass is 349 g/mol. The van der Waals surface area contributed by atoms with E-state index in [2.05, 4.69) is 25.6 Å². The fraction of sp³-hybridized carbons (Fsp3) is 0.158. The molecular weight excluding hydrogens is 330 g/mol. The first-order valence-corrected chi connectivity index (χ1v) is 8.09. The van der Waals surface area contributed by atoms with Gasteiger partial charge in [0.15, 0.2) is 0 Å². The maximum atomic E-state index is 12.6. The molecular formula is C19H19N5O2. The van der Waals surface area contributed by atoms with Crippen LogP contribution in [0.15, 0.2) is 54.7 Å². The van der Waals surface area contributed by atoms with Crippen molar-refractivity contribution in [3.63, 3.8) is 0 Å². The predicted molar refractivity (Wildman–Crippen MR) is 99.3 cm³/mol. The van der Waals surface area contributed by atoms with E-state index in [0.29, 0.717) is 29.6 Å². The van der Waals surface area contributed by atoms with Crippen LogP contribution in [0.3, 0.4) is 0 Å². The lowest BCUT2D eigenvalue weighted by Gasteiger charge is -2.11. The summed E-state index contributed by atoms with van der Waals surface area (Å²) in [4.78, 5) is 25.4. The first-order valence-electron chi connectivity index (χ1n) is 8.09. The van der Waals surface area contributed by atoms with E-state index in [-0.39, 0.29) is 11.6 Å². The van der Waals surface area contributed by atoms with Crippen molar-refractivity contribution < 1.29 is 9.53 Å². The van der Waals surface area contributed by atoms with Crippen LogP contribution in [0.5, 0.6) is 5.75 Å². The summed E-state index contributed by atoms with van der Waals surface area (Å²) in [7, 11) is 1.56. The average molecular weight is 349 g/mol. The van der Waals surface area contributed by atoms with Gasteiger partial charge >= 0.3 is 0 Å². The highest BCUT2D eigenvalue weighted by molar-refractivity contribution is 6.04. The zero-order chi connectivity index (χ0) is 18.4. The van der Waals surface area contributed by atoms with E-state index in [9.17, 15) is 4.79 Å². The number of carbonyl (C=O) groups excluding carboxylic acids is 1. The van der Waals surface area contributed by atoms with Crippen LogP contribution in [-0.2, 0) is 6.54 Å². The highest BCUT2D eigenvalue weighted by Gasteiger charge is 2.13. The van der Waals surface area contributed by atoms with E-state index in [1.165, 1.54) is 0 Å². The molecule has 1 aromatic carbocycles. The number of aryl methyl sites for hydroxylation is 1. The molecule has 0 fully saturated rings. The Bertz CT molecular complexity index is 899. The van der Waals surface area contributed by atoms with E-state index >= 15 is 0 Å². The van der Waals surface area contributed by atoms with Crippen LogP contribution in [0.4, 0.5) is 11.5 Å². The molecule has 7 nitrogen and oxygen atoms in total. The van der Waals surface area contributed by atoms with Gasteiger partial charge in [-0.2, -0.15) is 0 Å². The van der Waals surface area contributed by atoms with Gasteiger partial charge in [0, 0.05) is 12.3 Å². The fourth-order valence-corrected chi connectivity index (χ4v) is 2.39. The molecule has 0 aliphatic carbocycles. The minimum absolute atomic E-state index is 0.270. The van der Waals surface area contributed by atoms with E-state index < -0.39 is 0 Å². The van der Waals surface area contributed by atoms with Crippen molar-refractivity contribution in [3.8, 4) is 5.75 Å². The van der Waals surface area contributed by atoms with Gasteiger partial charge in [0.2, 0.25) is 0 Å². The van der Waals surface area contributed by atoms with Crippen LogP contribution < -0.4 is 15.4 Å². The normalized spacial score (nSPS) is 10.2. The van der Waals surface area contributed by atoms with Crippen LogP contribution in [0, 0.1) is 6.92 Å². The maximum absolute atomic E-state index is 12.6. The smallest absolute Gasteiger partial charge is 0.274 e. The average Bonchev–Trinajstić information content (AvgIpc) is 2.67. The van der Waals surface area contributed by atoms with Crippen LogP contribution >= 0.6 is 0 Å². The summed E-state index contributed by atoms with van der Waals surface area (Å²) < 4.78 is 5.25. The number of nitrogens with one attached hydrogen (secondary N) is 2. The standard InChI is InChI=1S/C19H19N5O2/c1-13-22-16(19(25)24-15-8-3-4-9-17(15)26-2)11-18(23-13)21-12-14-7-5-6-10-20-14/h3-11H,12H2,1-2H3,(H,24,25)(H,21,22,23). The summed E-state index contributed by atoms with van der Waals surface area (Å²) in [6.07, 6.45) is 1.73. The second-order valence-corrected chi connectivity index (χ2v) is 5.51. The highest BCUT2D eigenvalue weighted by Crippen LogP contribution is 2.23. The van der Waals surface area contributed by atoms with Crippen LogP contribution in [0.2, 0.25) is 0 Å². The lowest BCUT2D eigenvalue weighted by Crippen LogP contribution is -2.16. The van der Waals surface area contributed by atoms with E-state index in [0.717, 1.165) is 5.69 Å². The third kappa shape index (κ3) is 4.32. The molecule has 132 valence electrons. The minimum atomic E-state index is -0.333. The summed E-state index contributed by atoms with van der Waals surface area (Å²) in [5.41, 5.74) is 1.73. The Morgan fingerprint density at radius 1 is 1.12 bits per heavy atom. The van der Waals surface area contributed by atoms with Gasteiger partial charge in [0.05, 0.1) is 25.0 Å². The van der Waals surface area contributed by atoms with Crippen molar-refractivity contribution in [1.29, 1.82) is 0 Å². The second-order valence-electron chi connectivity index (χ2n) is 5.51. The van der Waals surface area contributed by atoms with Gasteiger partial charge in [-0.1, -0.05) is 18.2 Å². The van der Waals surface area contributed by atoms with Gasteiger partial charge in [0.1, 0.15) is 23.1 Å². The first kappa shape index (κ1) is 17.3. The third-order valence-electron chi connectivity index (χ3n) is 3.60. The number of anilines is 2. The number of hydrogen-bond donors (Lipinski definition) is 2. The quantitative estimate of drug-likeness (QED) is 0.711. The molecule has 3 aromatic rings. The number of rotatable bonds is 6. The predicted octanol–water partition coefficient (Wildman–Crippen LogP) is 3.05. The molecule has 7 heteroatoms. The number of carbonyl (C=O) groups is 1. The van der Waals surface area contributed by atoms with Gasteiger partial charge in [-0.3, -0.25) is 9.78 Å². The Morgan fingerprint density at radius 2 is 1.92 bits per heavy atom. The molecule has 0 saturated carbocycles.